The van der Waals surface area contributed by atoms with Gasteiger partial charge in [0, 0.05) is 12.8 Å². The molecule has 286 valence electrons. The number of hydrogen-bond acceptors (Lipinski definition) is 7. The van der Waals surface area contributed by atoms with E-state index in [9.17, 15) is 19.2 Å². The van der Waals surface area contributed by atoms with Crippen LogP contribution >= 0.6 is 11.8 Å². The normalized spacial score (nSPS) is 13.3. The van der Waals surface area contributed by atoms with Gasteiger partial charge in [0.25, 0.3) is 0 Å². The Labute approximate surface area is 324 Å². The van der Waals surface area contributed by atoms with Gasteiger partial charge in [-0.3, -0.25) is 14.5 Å². The van der Waals surface area contributed by atoms with Crippen molar-refractivity contribution in [3.63, 3.8) is 0 Å². The van der Waals surface area contributed by atoms with E-state index in [0.717, 1.165) is 22.3 Å². The van der Waals surface area contributed by atoms with E-state index in [0.29, 0.717) is 6.42 Å². The van der Waals surface area contributed by atoms with E-state index in [1.807, 2.05) is 98.8 Å². The van der Waals surface area contributed by atoms with E-state index in [2.05, 4.69) is 47.0 Å². The first-order valence-corrected chi connectivity index (χ1v) is 19.3. The minimum Gasteiger partial charge on any atom is -0.459 e. The van der Waals surface area contributed by atoms with Gasteiger partial charge in [0.2, 0.25) is 11.8 Å². The summed E-state index contributed by atoms with van der Waals surface area (Å²) in [5.41, 5.74) is 3.00. The molecule has 3 amide bonds. The van der Waals surface area contributed by atoms with Crippen molar-refractivity contribution in [3.8, 4) is 0 Å². The van der Waals surface area contributed by atoms with Gasteiger partial charge < -0.3 is 20.1 Å². The molecule has 9 nitrogen and oxygen atoms in total. The summed E-state index contributed by atoms with van der Waals surface area (Å²) < 4.78 is 10.4. The molecular weight excluding hydrogens is 699 g/mol. The number of thioether (sulfide) groups is 1. The van der Waals surface area contributed by atoms with Crippen LogP contribution in [0.2, 0.25) is 0 Å². The number of nitrogens with zero attached hydrogens (tertiary/aromatic N) is 1. The van der Waals surface area contributed by atoms with Gasteiger partial charge >= 0.3 is 12.1 Å². The SMILES string of the molecule is CC(C)C[C@H](NC(=O)[C@H](CSC(c1ccccc1)(c1ccccc1)c1ccccc1)N(C)C(=O)OC(C)(C)C)C(=O)N[C@@H](C)C(=O)OCc1ccccc1. The molecular formula is C44H53N3O6S. The molecule has 54 heavy (non-hydrogen) atoms. The molecule has 0 aliphatic heterocycles. The second-order valence-electron chi connectivity index (χ2n) is 14.7. The van der Waals surface area contributed by atoms with Crippen molar-refractivity contribution in [1.82, 2.24) is 15.5 Å². The van der Waals surface area contributed by atoms with Crippen molar-refractivity contribution < 1.29 is 28.7 Å². The fraction of sp³-hybridized carbons (Fsp3) is 0.364. The molecule has 0 heterocycles. The van der Waals surface area contributed by atoms with Crippen LogP contribution in [0.15, 0.2) is 121 Å². The topological polar surface area (TPSA) is 114 Å². The van der Waals surface area contributed by atoms with Crippen molar-refractivity contribution in [2.75, 3.05) is 12.8 Å². The van der Waals surface area contributed by atoms with Gasteiger partial charge in [-0.15, -0.1) is 11.8 Å². The monoisotopic (exact) mass is 751 g/mol. The minimum absolute atomic E-state index is 0.0136. The molecule has 4 rings (SSSR count). The third kappa shape index (κ3) is 11.5. The van der Waals surface area contributed by atoms with Gasteiger partial charge in [-0.05, 0) is 62.3 Å². The summed E-state index contributed by atoms with van der Waals surface area (Å²) >= 11 is 1.52. The van der Waals surface area contributed by atoms with Crippen molar-refractivity contribution >= 4 is 35.6 Å². The lowest BCUT2D eigenvalue weighted by atomic mass is 9.84. The first-order valence-electron chi connectivity index (χ1n) is 18.3. The lowest BCUT2D eigenvalue weighted by Gasteiger charge is -2.38. The zero-order valence-corrected chi connectivity index (χ0v) is 33.1. The quantitative estimate of drug-likeness (QED) is 0.0890. The summed E-state index contributed by atoms with van der Waals surface area (Å²) in [4.78, 5) is 56.0. The molecule has 0 spiro atoms. The van der Waals surface area contributed by atoms with Gasteiger partial charge in [0.05, 0.1) is 4.75 Å². The highest BCUT2D eigenvalue weighted by molar-refractivity contribution is 8.00. The minimum atomic E-state index is -1.06. The van der Waals surface area contributed by atoms with E-state index >= 15 is 0 Å². The average Bonchev–Trinajstić information content (AvgIpc) is 3.15. The smallest absolute Gasteiger partial charge is 0.410 e. The van der Waals surface area contributed by atoms with Gasteiger partial charge in [0.15, 0.2) is 0 Å². The maximum Gasteiger partial charge on any atom is 0.410 e. The lowest BCUT2D eigenvalue weighted by molar-refractivity contribution is -0.148. The van der Waals surface area contributed by atoms with E-state index < -0.39 is 52.4 Å². The fourth-order valence-electron chi connectivity index (χ4n) is 5.99. The molecule has 3 atom stereocenters. The molecule has 0 saturated heterocycles. The second kappa shape index (κ2) is 19.3. The van der Waals surface area contributed by atoms with Crippen molar-refractivity contribution in [2.45, 2.75) is 83.0 Å². The molecule has 0 bridgehead atoms. The molecule has 0 fully saturated rings. The zero-order valence-electron chi connectivity index (χ0n) is 32.3. The van der Waals surface area contributed by atoms with Crippen LogP contribution in [0.5, 0.6) is 0 Å². The predicted molar refractivity (Wildman–Crippen MR) is 215 cm³/mol. The highest BCUT2D eigenvalue weighted by atomic mass is 32.2. The number of nitrogens with one attached hydrogen (secondary N) is 2. The van der Waals surface area contributed by atoms with Crippen LogP contribution in [0.3, 0.4) is 0 Å². The third-order valence-electron chi connectivity index (χ3n) is 8.73. The summed E-state index contributed by atoms with van der Waals surface area (Å²) in [5, 5.41) is 5.67. The predicted octanol–water partition coefficient (Wildman–Crippen LogP) is 7.73. The number of carbonyl (C=O) groups is 4. The number of likely N-dealkylation sites (N-methyl/N-ethyl adjacent to an activating group) is 1. The standard InChI is InChI=1S/C44H53N3O6S/c1-31(2)28-37(39(48)45-32(3)41(50)52-29-33-20-12-8-13-21-33)46-40(49)38(47(7)42(51)53-43(4,5)6)30-54-44(34-22-14-9-15-23-34,35-24-16-10-17-25-35)36-26-18-11-19-27-36/h8-27,31-32,37-38H,28-30H2,1-7H3,(H,45,48)(H,46,49)/t32-,37-,38-/m0/s1. The molecule has 0 unspecified atom stereocenters. The Balaban J connectivity index is 1.66. The Bertz CT molecular complexity index is 1700. The van der Waals surface area contributed by atoms with Crippen molar-refractivity contribution in [3.05, 3.63) is 144 Å². The summed E-state index contributed by atoms with van der Waals surface area (Å²) in [5.74, 6) is -1.50. The molecule has 0 radical (unpaired) electrons. The summed E-state index contributed by atoms with van der Waals surface area (Å²) in [6.07, 6.45) is -0.380. The molecule has 10 heteroatoms. The largest absolute Gasteiger partial charge is 0.459 e. The number of esters is 1. The van der Waals surface area contributed by atoms with Crippen LogP contribution in [0.25, 0.3) is 0 Å². The second-order valence-corrected chi connectivity index (χ2v) is 15.9. The molecule has 4 aromatic carbocycles. The first-order chi connectivity index (χ1) is 25.7. The Morgan fingerprint density at radius 3 is 1.59 bits per heavy atom. The van der Waals surface area contributed by atoms with Crippen molar-refractivity contribution in [2.24, 2.45) is 5.92 Å². The van der Waals surface area contributed by atoms with Gasteiger partial charge in [0.1, 0.15) is 30.3 Å². The van der Waals surface area contributed by atoms with Gasteiger partial charge in [-0.2, -0.15) is 0 Å². The molecule has 2 N–H and O–H groups in total. The maximum atomic E-state index is 14.5. The molecule has 0 aliphatic rings. The number of rotatable bonds is 16. The lowest BCUT2D eigenvalue weighted by Crippen LogP contribution is -2.57. The molecule has 0 aliphatic carbocycles. The fourth-order valence-corrected chi connectivity index (χ4v) is 7.69. The summed E-state index contributed by atoms with van der Waals surface area (Å²) in [6.45, 7) is 10.8. The van der Waals surface area contributed by atoms with Crippen molar-refractivity contribution in [1.29, 1.82) is 0 Å². The van der Waals surface area contributed by atoms with Crippen LogP contribution in [0.4, 0.5) is 4.79 Å². The Morgan fingerprint density at radius 1 is 0.685 bits per heavy atom. The van der Waals surface area contributed by atoms with Crippen LogP contribution in [-0.4, -0.2) is 65.3 Å². The number of carbonyl (C=O) groups excluding carboxylic acids is 4. The Kier molecular flexibility index (Phi) is 14.9. The third-order valence-corrected chi connectivity index (χ3v) is 10.3. The highest BCUT2D eigenvalue weighted by Gasteiger charge is 2.41. The number of amides is 3. The van der Waals surface area contributed by atoms with E-state index in [1.165, 1.54) is 23.7 Å². The number of hydrogen-bond donors (Lipinski definition) is 2. The van der Waals surface area contributed by atoms with E-state index in [-0.39, 0.29) is 18.3 Å². The van der Waals surface area contributed by atoms with E-state index in [4.69, 9.17) is 9.47 Å². The first kappa shape index (κ1) is 41.7. The number of benzene rings is 4. The molecule has 4 aromatic rings. The van der Waals surface area contributed by atoms with Crippen LogP contribution in [0.1, 0.15) is 70.2 Å². The maximum absolute atomic E-state index is 14.5. The van der Waals surface area contributed by atoms with Crippen LogP contribution in [-0.2, 0) is 35.2 Å². The Hall–Kier alpha value is -5.09. The highest BCUT2D eigenvalue weighted by Crippen LogP contribution is 2.48. The molecule has 0 saturated carbocycles. The average molecular weight is 752 g/mol. The Morgan fingerprint density at radius 2 is 1.15 bits per heavy atom. The van der Waals surface area contributed by atoms with Crippen LogP contribution < -0.4 is 10.6 Å². The van der Waals surface area contributed by atoms with Crippen LogP contribution in [0, 0.1) is 5.92 Å². The summed E-state index contributed by atoms with van der Waals surface area (Å²) in [6, 6.07) is 36.4. The zero-order chi connectivity index (χ0) is 39.3. The number of ether oxygens (including phenoxy) is 2. The summed E-state index contributed by atoms with van der Waals surface area (Å²) in [7, 11) is 1.54. The van der Waals surface area contributed by atoms with E-state index in [1.54, 1.807) is 27.7 Å². The molecule has 0 aromatic heterocycles. The van der Waals surface area contributed by atoms with Gasteiger partial charge in [-0.1, -0.05) is 135 Å². The van der Waals surface area contributed by atoms with Gasteiger partial charge in [-0.25, -0.2) is 9.59 Å².